The summed E-state index contributed by atoms with van der Waals surface area (Å²) in [6.45, 7) is 2.01. The number of nitrogens with one attached hydrogen (secondary N) is 1. The highest BCUT2D eigenvalue weighted by Crippen LogP contribution is 2.26. The Balaban J connectivity index is 2.18. The number of benzene rings is 1. The van der Waals surface area contributed by atoms with Crippen LogP contribution in [-0.2, 0) is 0 Å². The minimum Gasteiger partial charge on any atom is -0.358 e. The molecule has 96 valence electrons. The monoisotopic (exact) mass is 259 g/mol. The van der Waals surface area contributed by atoms with Gasteiger partial charge in [0.15, 0.2) is 0 Å². The highest BCUT2D eigenvalue weighted by Gasteiger charge is 2.08. The van der Waals surface area contributed by atoms with Gasteiger partial charge in [-0.3, -0.25) is 4.98 Å². The van der Waals surface area contributed by atoms with Gasteiger partial charge in [-0.15, -0.1) is 0 Å². The number of hydrogen-bond acceptors (Lipinski definition) is 2. The van der Waals surface area contributed by atoms with Crippen LogP contribution in [0.15, 0.2) is 48.7 Å². The van der Waals surface area contributed by atoms with Gasteiger partial charge >= 0.3 is 0 Å². The van der Waals surface area contributed by atoms with E-state index < -0.39 is 0 Å². The van der Waals surface area contributed by atoms with E-state index in [2.05, 4.69) is 22.1 Å². The van der Waals surface area contributed by atoms with E-state index in [4.69, 9.17) is 0 Å². The van der Waals surface area contributed by atoms with Gasteiger partial charge in [0, 0.05) is 28.4 Å². The van der Waals surface area contributed by atoms with Crippen LogP contribution in [0.2, 0.25) is 0 Å². The second kappa shape index (κ2) is 5.02. The summed E-state index contributed by atoms with van der Waals surface area (Å²) in [6.07, 6.45) is 3.60. The molecule has 0 aliphatic carbocycles. The number of aromatic nitrogens is 2. The molecule has 0 amide bonds. The molecule has 0 bridgehead atoms. The second-order valence-corrected chi connectivity index (χ2v) is 4.59. The molecule has 2 heterocycles. The Morgan fingerprint density at radius 2 is 2.00 bits per heavy atom. The molecular formula is C17H13N3. The van der Waals surface area contributed by atoms with Crippen LogP contribution in [0, 0.1) is 18.3 Å². The van der Waals surface area contributed by atoms with Crippen molar-refractivity contribution in [2.45, 2.75) is 6.92 Å². The average Bonchev–Trinajstić information content (AvgIpc) is 2.81. The maximum absolute atomic E-state index is 9.37. The Bertz CT molecular complexity index is 820. The van der Waals surface area contributed by atoms with Gasteiger partial charge in [-0.05, 0) is 31.2 Å². The van der Waals surface area contributed by atoms with Crippen molar-refractivity contribution < 1.29 is 0 Å². The molecule has 0 aliphatic heterocycles. The summed E-state index contributed by atoms with van der Waals surface area (Å²) in [6, 6.07) is 15.9. The third kappa shape index (κ3) is 2.08. The van der Waals surface area contributed by atoms with Crippen molar-refractivity contribution in [3.63, 3.8) is 0 Å². The first-order valence-electron chi connectivity index (χ1n) is 6.40. The Kier molecular flexibility index (Phi) is 3.06. The van der Waals surface area contributed by atoms with E-state index in [0.717, 1.165) is 22.2 Å². The predicted molar refractivity (Wildman–Crippen MR) is 80.8 cm³/mol. The fourth-order valence-electron chi connectivity index (χ4n) is 2.31. The SMILES string of the molecule is Cc1[nH]c2ccccc2c1/C=C(\C#N)c1ccccn1. The number of fused-ring (bicyclic) bond motifs is 1. The van der Waals surface area contributed by atoms with Crippen LogP contribution < -0.4 is 0 Å². The summed E-state index contributed by atoms with van der Waals surface area (Å²) in [5, 5.41) is 10.5. The molecule has 0 radical (unpaired) electrons. The minimum atomic E-state index is 0.568. The summed E-state index contributed by atoms with van der Waals surface area (Å²) in [4.78, 5) is 7.57. The van der Waals surface area contributed by atoms with E-state index in [0.29, 0.717) is 11.3 Å². The smallest absolute Gasteiger partial charge is 0.101 e. The van der Waals surface area contributed by atoms with Crippen molar-refractivity contribution in [2.24, 2.45) is 0 Å². The summed E-state index contributed by atoms with van der Waals surface area (Å²) < 4.78 is 0. The van der Waals surface area contributed by atoms with E-state index >= 15 is 0 Å². The largest absolute Gasteiger partial charge is 0.358 e. The van der Waals surface area contributed by atoms with E-state index in [-0.39, 0.29) is 0 Å². The standard InChI is InChI=1S/C17H13N3/c1-12-15(14-6-2-3-8-17(14)20-12)10-13(11-18)16-7-4-5-9-19-16/h2-10,20H,1H3/b13-10+. The minimum absolute atomic E-state index is 0.568. The zero-order chi connectivity index (χ0) is 13.9. The molecule has 2 aromatic heterocycles. The molecule has 3 nitrogen and oxygen atoms in total. The second-order valence-electron chi connectivity index (χ2n) is 4.59. The number of nitriles is 1. The number of nitrogens with zero attached hydrogens (tertiary/aromatic N) is 2. The molecule has 3 aromatic rings. The van der Waals surface area contributed by atoms with Gasteiger partial charge in [-0.2, -0.15) is 5.26 Å². The number of rotatable bonds is 2. The van der Waals surface area contributed by atoms with Crippen molar-refractivity contribution in [1.29, 1.82) is 5.26 Å². The quantitative estimate of drug-likeness (QED) is 0.709. The first-order chi connectivity index (χ1) is 9.79. The topological polar surface area (TPSA) is 52.5 Å². The Labute approximate surface area is 117 Å². The molecule has 0 unspecified atom stereocenters. The summed E-state index contributed by atoms with van der Waals surface area (Å²) in [5.74, 6) is 0. The van der Waals surface area contributed by atoms with Crippen molar-refractivity contribution in [2.75, 3.05) is 0 Å². The lowest BCUT2D eigenvalue weighted by Gasteiger charge is -1.99. The highest BCUT2D eigenvalue weighted by atomic mass is 14.7. The average molecular weight is 259 g/mol. The lowest BCUT2D eigenvalue weighted by Crippen LogP contribution is -1.86. The molecule has 20 heavy (non-hydrogen) atoms. The number of H-pyrrole nitrogens is 1. The number of aromatic amines is 1. The molecule has 0 saturated carbocycles. The van der Waals surface area contributed by atoms with Gasteiger partial charge in [0.1, 0.15) is 6.07 Å². The molecule has 3 rings (SSSR count). The van der Waals surface area contributed by atoms with E-state index in [1.807, 2.05) is 49.4 Å². The van der Waals surface area contributed by atoms with Crippen molar-refractivity contribution in [3.8, 4) is 6.07 Å². The molecular weight excluding hydrogens is 246 g/mol. The maximum Gasteiger partial charge on any atom is 0.101 e. The number of allylic oxidation sites excluding steroid dienone is 1. The van der Waals surface area contributed by atoms with E-state index in [1.165, 1.54) is 0 Å². The summed E-state index contributed by atoms with van der Waals surface area (Å²) >= 11 is 0. The number of hydrogen-bond donors (Lipinski definition) is 1. The molecule has 1 aromatic carbocycles. The number of aryl methyl sites for hydroxylation is 1. The normalized spacial score (nSPS) is 11.5. The molecule has 1 N–H and O–H groups in total. The van der Waals surface area contributed by atoms with Crippen molar-refractivity contribution in [1.82, 2.24) is 9.97 Å². The van der Waals surface area contributed by atoms with Gasteiger partial charge in [0.2, 0.25) is 0 Å². The third-order valence-electron chi connectivity index (χ3n) is 3.29. The Morgan fingerprint density at radius 1 is 1.20 bits per heavy atom. The molecule has 0 atom stereocenters. The van der Waals surface area contributed by atoms with Crippen LogP contribution in [0.3, 0.4) is 0 Å². The zero-order valence-corrected chi connectivity index (χ0v) is 11.1. The first-order valence-corrected chi connectivity index (χ1v) is 6.40. The van der Waals surface area contributed by atoms with E-state index in [1.54, 1.807) is 6.20 Å². The van der Waals surface area contributed by atoms with Crippen molar-refractivity contribution >= 4 is 22.6 Å². The Hall–Kier alpha value is -2.86. The fraction of sp³-hybridized carbons (Fsp3) is 0.0588. The molecule has 0 aliphatic rings. The zero-order valence-electron chi connectivity index (χ0n) is 11.1. The highest BCUT2D eigenvalue weighted by molar-refractivity contribution is 5.98. The van der Waals surface area contributed by atoms with Gasteiger partial charge in [0.05, 0.1) is 11.3 Å². The fourth-order valence-corrected chi connectivity index (χ4v) is 2.31. The maximum atomic E-state index is 9.37. The number of pyridine rings is 1. The van der Waals surface area contributed by atoms with Gasteiger partial charge in [0.25, 0.3) is 0 Å². The summed E-state index contributed by atoms with van der Waals surface area (Å²) in [5.41, 5.74) is 4.44. The van der Waals surface area contributed by atoms with Gasteiger partial charge in [-0.25, -0.2) is 0 Å². The molecule has 3 heteroatoms. The molecule has 0 spiro atoms. The van der Waals surface area contributed by atoms with Crippen LogP contribution in [0.1, 0.15) is 17.0 Å². The third-order valence-corrected chi connectivity index (χ3v) is 3.29. The van der Waals surface area contributed by atoms with Crippen LogP contribution in [0.4, 0.5) is 0 Å². The van der Waals surface area contributed by atoms with Crippen molar-refractivity contribution in [3.05, 3.63) is 65.6 Å². The van der Waals surface area contributed by atoms with Crippen LogP contribution >= 0.6 is 0 Å². The van der Waals surface area contributed by atoms with Crippen LogP contribution in [0.5, 0.6) is 0 Å². The Morgan fingerprint density at radius 3 is 2.75 bits per heavy atom. The van der Waals surface area contributed by atoms with Crippen LogP contribution in [-0.4, -0.2) is 9.97 Å². The number of para-hydroxylation sites is 1. The lowest BCUT2D eigenvalue weighted by molar-refractivity contribution is 1.28. The predicted octanol–water partition coefficient (Wildman–Crippen LogP) is 3.94. The lowest BCUT2D eigenvalue weighted by atomic mass is 10.1. The van der Waals surface area contributed by atoms with Gasteiger partial charge in [-0.1, -0.05) is 24.3 Å². The van der Waals surface area contributed by atoms with E-state index in [9.17, 15) is 5.26 Å². The van der Waals surface area contributed by atoms with Crippen LogP contribution in [0.25, 0.3) is 22.6 Å². The molecule has 0 fully saturated rings. The summed E-state index contributed by atoms with van der Waals surface area (Å²) in [7, 11) is 0. The first kappa shape index (κ1) is 12.2. The van der Waals surface area contributed by atoms with Gasteiger partial charge < -0.3 is 4.98 Å². The molecule has 0 saturated heterocycles.